The summed E-state index contributed by atoms with van der Waals surface area (Å²) in [4.78, 5) is 13.6. The number of carbonyl (C=O) groups is 1. The molecule has 0 aliphatic carbocycles. The van der Waals surface area contributed by atoms with E-state index in [4.69, 9.17) is 0 Å². The van der Waals surface area contributed by atoms with Crippen molar-refractivity contribution in [2.75, 3.05) is 0 Å². The van der Waals surface area contributed by atoms with E-state index in [9.17, 15) is 4.79 Å². The molecule has 53 heavy (non-hydrogen) atoms. The lowest BCUT2D eigenvalue weighted by atomic mass is 9.81. The van der Waals surface area contributed by atoms with E-state index in [0.717, 1.165) is 19.3 Å². The van der Waals surface area contributed by atoms with Gasteiger partial charge in [0.05, 0.1) is 0 Å². The van der Waals surface area contributed by atoms with Crippen LogP contribution >= 0.6 is 0 Å². The zero-order valence-corrected chi connectivity index (χ0v) is 37.5. The maximum atomic E-state index is 13.6. The Balaban J connectivity index is 4.24. The molecule has 0 saturated heterocycles. The highest BCUT2D eigenvalue weighted by molar-refractivity contribution is 5.81. The van der Waals surface area contributed by atoms with E-state index >= 15 is 0 Å². The quantitative estimate of drug-likeness (QED) is 0.0448. The van der Waals surface area contributed by atoms with Crippen LogP contribution in [0.1, 0.15) is 297 Å². The molecule has 0 heterocycles. The summed E-state index contributed by atoms with van der Waals surface area (Å²) in [6.07, 6.45) is 64.1. The molecule has 0 fully saturated rings. The van der Waals surface area contributed by atoms with E-state index < -0.39 is 0 Å². The van der Waals surface area contributed by atoms with Gasteiger partial charge in [0.2, 0.25) is 0 Å². The second-order valence-corrected chi connectivity index (χ2v) is 17.6. The summed E-state index contributed by atoms with van der Waals surface area (Å²) in [6.45, 7) is 9.31. The molecule has 0 rings (SSSR count). The average Bonchev–Trinajstić information content (AvgIpc) is 3.16. The third kappa shape index (κ3) is 40.9. The van der Waals surface area contributed by atoms with Crippen molar-refractivity contribution in [2.24, 2.45) is 11.8 Å². The monoisotopic (exact) mass is 742 g/mol. The summed E-state index contributed by atoms with van der Waals surface area (Å²) >= 11 is 0. The zero-order chi connectivity index (χ0) is 38.6. The van der Waals surface area contributed by atoms with Gasteiger partial charge in [-0.2, -0.15) is 0 Å². The first kappa shape index (κ1) is 52.4. The Morgan fingerprint density at radius 1 is 0.377 bits per heavy atom. The molecule has 2 atom stereocenters. The molecule has 0 spiro atoms. The first-order valence-corrected chi connectivity index (χ1v) is 25.2. The minimum absolute atomic E-state index is 0.265. The number of hydrogen-bond acceptors (Lipinski definition) is 1. The minimum Gasteiger partial charge on any atom is -0.299 e. The maximum absolute atomic E-state index is 13.6. The topological polar surface area (TPSA) is 17.1 Å². The van der Waals surface area contributed by atoms with Crippen molar-refractivity contribution < 1.29 is 4.79 Å². The molecule has 0 aromatic carbocycles. The first-order chi connectivity index (χ1) is 26.2. The number of ketones is 1. The number of hydrogen-bond donors (Lipinski definition) is 0. The molecular weight excluding hydrogens is 641 g/mol. The van der Waals surface area contributed by atoms with Gasteiger partial charge in [0.25, 0.3) is 0 Å². The fourth-order valence-corrected chi connectivity index (χ4v) is 8.35. The molecule has 0 aromatic rings. The zero-order valence-electron chi connectivity index (χ0n) is 37.5. The normalized spacial score (nSPS) is 13.0. The summed E-state index contributed by atoms with van der Waals surface area (Å²) in [7, 11) is 0. The lowest BCUT2D eigenvalue weighted by Crippen LogP contribution is -2.22. The molecule has 2 unspecified atom stereocenters. The Kier molecular flexibility index (Phi) is 45.3. The van der Waals surface area contributed by atoms with Gasteiger partial charge in [-0.25, -0.2) is 0 Å². The van der Waals surface area contributed by atoms with Crippen LogP contribution in [0.25, 0.3) is 0 Å². The molecule has 0 aliphatic heterocycles. The summed E-state index contributed by atoms with van der Waals surface area (Å²) < 4.78 is 0. The smallest absolute Gasteiger partial charge is 0.136 e. The SMILES string of the molecule is CCCCCCCC/C=C\CCCCCCCC(=O)C(C[CH]CCCCCCCCCCCCCCC)C(C)CCCCCCCCCCCCCC. The fraction of sp³-hybridized carbons (Fsp3) is 0.923. The summed E-state index contributed by atoms with van der Waals surface area (Å²) in [5, 5.41) is 0. The number of rotatable bonds is 46. The van der Waals surface area contributed by atoms with Crippen LogP contribution in [0.3, 0.4) is 0 Å². The van der Waals surface area contributed by atoms with E-state index in [0.29, 0.717) is 11.7 Å². The second-order valence-electron chi connectivity index (χ2n) is 17.6. The van der Waals surface area contributed by atoms with E-state index in [1.165, 1.54) is 250 Å². The van der Waals surface area contributed by atoms with E-state index in [-0.39, 0.29) is 5.92 Å². The van der Waals surface area contributed by atoms with Crippen molar-refractivity contribution in [1.29, 1.82) is 0 Å². The fourth-order valence-electron chi connectivity index (χ4n) is 8.35. The highest BCUT2D eigenvalue weighted by Gasteiger charge is 2.24. The van der Waals surface area contributed by atoms with Gasteiger partial charge in [-0.05, 0) is 50.9 Å². The van der Waals surface area contributed by atoms with Crippen LogP contribution in [0.2, 0.25) is 0 Å². The van der Waals surface area contributed by atoms with Crippen molar-refractivity contribution in [3.05, 3.63) is 18.6 Å². The summed E-state index contributed by atoms with van der Waals surface area (Å²) in [5.74, 6) is 1.38. The van der Waals surface area contributed by atoms with Crippen molar-refractivity contribution in [1.82, 2.24) is 0 Å². The lowest BCUT2D eigenvalue weighted by molar-refractivity contribution is -0.124. The van der Waals surface area contributed by atoms with Crippen LogP contribution < -0.4 is 0 Å². The van der Waals surface area contributed by atoms with Crippen molar-refractivity contribution in [3.8, 4) is 0 Å². The van der Waals surface area contributed by atoms with Crippen LogP contribution in [0.5, 0.6) is 0 Å². The molecule has 0 bridgehead atoms. The number of unbranched alkanes of at least 4 members (excludes halogenated alkanes) is 36. The predicted octanol–water partition coefficient (Wildman–Crippen LogP) is 19.0. The van der Waals surface area contributed by atoms with Gasteiger partial charge < -0.3 is 0 Å². The summed E-state index contributed by atoms with van der Waals surface area (Å²) in [6, 6.07) is 0. The number of Topliss-reactive ketones (excluding diaryl/α,β-unsaturated/α-hetero) is 1. The Bertz CT molecular complexity index is 708. The molecule has 1 heteroatoms. The Morgan fingerprint density at radius 3 is 1.06 bits per heavy atom. The van der Waals surface area contributed by atoms with Gasteiger partial charge in [0, 0.05) is 12.3 Å². The van der Waals surface area contributed by atoms with Gasteiger partial charge in [-0.1, -0.05) is 265 Å². The summed E-state index contributed by atoms with van der Waals surface area (Å²) in [5.41, 5.74) is 0. The molecular formula is C52H101O. The number of carbonyl (C=O) groups excluding carboxylic acids is 1. The predicted molar refractivity (Wildman–Crippen MR) is 242 cm³/mol. The van der Waals surface area contributed by atoms with Gasteiger partial charge in [0.1, 0.15) is 5.78 Å². The molecule has 0 aromatic heterocycles. The molecule has 315 valence electrons. The molecule has 0 N–H and O–H groups in total. The minimum atomic E-state index is 0.265. The van der Waals surface area contributed by atoms with Gasteiger partial charge in [-0.15, -0.1) is 0 Å². The molecule has 1 nitrogen and oxygen atoms in total. The maximum Gasteiger partial charge on any atom is 0.136 e. The number of allylic oxidation sites excluding steroid dienone is 2. The van der Waals surface area contributed by atoms with Gasteiger partial charge >= 0.3 is 0 Å². The van der Waals surface area contributed by atoms with Crippen LogP contribution in [0.15, 0.2) is 12.2 Å². The van der Waals surface area contributed by atoms with E-state index in [2.05, 4.69) is 46.3 Å². The average molecular weight is 742 g/mol. The van der Waals surface area contributed by atoms with Gasteiger partial charge in [0.15, 0.2) is 0 Å². The van der Waals surface area contributed by atoms with Crippen LogP contribution in [-0.2, 0) is 4.79 Å². The third-order valence-corrected chi connectivity index (χ3v) is 12.2. The third-order valence-electron chi connectivity index (χ3n) is 12.2. The lowest BCUT2D eigenvalue weighted by Gasteiger charge is -2.23. The molecule has 0 saturated carbocycles. The Hall–Kier alpha value is -0.590. The van der Waals surface area contributed by atoms with Crippen LogP contribution in [-0.4, -0.2) is 5.78 Å². The molecule has 1 radical (unpaired) electrons. The largest absolute Gasteiger partial charge is 0.299 e. The van der Waals surface area contributed by atoms with Crippen molar-refractivity contribution >= 4 is 5.78 Å². The molecule has 0 amide bonds. The highest BCUT2D eigenvalue weighted by Crippen LogP contribution is 2.28. The van der Waals surface area contributed by atoms with Gasteiger partial charge in [-0.3, -0.25) is 4.79 Å². The highest BCUT2D eigenvalue weighted by atomic mass is 16.1. The van der Waals surface area contributed by atoms with E-state index in [1.54, 1.807) is 0 Å². The van der Waals surface area contributed by atoms with Crippen LogP contribution in [0, 0.1) is 18.3 Å². The van der Waals surface area contributed by atoms with E-state index in [1.807, 2.05) is 0 Å². The van der Waals surface area contributed by atoms with Crippen molar-refractivity contribution in [3.63, 3.8) is 0 Å². The standard InChI is InChI=1S/C52H101O/c1-5-8-11-14-17-20-23-26-28-30-33-36-39-42-45-48-51(50(4)47-44-41-38-35-32-25-22-19-16-13-10-7-3)52(53)49-46-43-40-37-34-31-29-27-24-21-18-15-12-9-6-2/h27,29,45,50-51H,5-26,28,30-44,46-49H2,1-4H3/b29-27-. The second kappa shape index (κ2) is 45.8. The van der Waals surface area contributed by atoms with Crippen LogP contribution in [0.4, 0.5) is 0 Å². The van der Waals surface area contributed by atoms with Crippen molar-refractivity contribution in [2.45, 2.75) is 297 Å². The molecule has 0 aliphatic rings. The Labute approximate surface area is 337 Å². The Morgan fingerprint density at radius 2 is 0.679 bits per heavy atom. The first-order valence-electron chi connectivity index (χ1n) is 25.2.